The van der Waals surface area contributed by atoms with Gasteiger partial charge in [0.15, 0.2) is 5.96 Å². The van der Waals surface area contributed by atoms with Gasteiger partial charge in [0.1, 0.15) is 0 Å². The van der Waals surface area contributed by atoms with Crippen LogP contribution in [-0.4, -0.2) is 36.0 Å². The molecule has 0 aliphatic carbocycles. The topological polar surface area (TPSA) is 40.5 Å². The summed E-state index contributed by atoms with van der Waals surface area (Å²) in [7, 11) is 2.03. The highest BCUT2D eigenvalue weighted by molar-refractivity contribution is 14.0. The number of aliphatic imine (C=N–C) groups is 1. The summed E-state index contributed by atoms with van der Waals surface area (Å²) in [5.41, 5.74) is 1.10. The molecule has 0 amide bonds. The average molecular weight is 479 g/mol. The van der Waals surface area contributed by atoms with Crippen molar-refractivity contribution >= 4 is 52.9 Å². The predicted octanol–water partition coefficient (Wildman–Crippen LogP) is 4.36. The SMILES string of the molecule is CCNC(=NCCc1ncc(C)s1)N(C)Cc1ccccc1Cl.I. The molecule has 2 aromatic rings. The van der Waals surface area contributed by atoms with Crippen molar-refractivity contribution in [2.24, 2.45) is 4.99 Å². The summed E-state index contributed by atoms with van der Waals surface area (Å²) >= 11 is 7.98. The first-order valence-electron chi connectivity index (χ1n) is 7.74. The fraction of sp³-hybridized carbons (Fsp3) is 0.412. The van der Waals surface area contributed by atoms with Gasteiger partial charge in [0.25, 0.3) is 0 Å². The van der Waals surface area contributed by atoms with Crippen LogP contribution in [-0.2, 0) is 13.0 Å². The van der Waals surface area contributed by atoms with Crippen molar-refractivity contribution < 1.29 is 0 Å². The maximum atomic E-state index is 6.24. The van der Waals surface area contributed by atoms with Crippen molar-refractivity contribution in [3.63, 3.8) is 0 Å². The van der Waals surface area contributed by atoms with E-state index in [4.69, 9.17) is 16.6 Å². The zero-order valence-electron chi connectivity index (χ0n) is 14.3. The number of benzene rings is 1. The smallest absolute Gasteiger partial charge is 0.193 e. The summed E-state index contributed by atoms with van der Waals surface area (Å²) in [4.78, 5) is 12.4. The lowest BCUT2D eigenvalue weighted by molar-refractivity contribution is 0.477. The van der Waals surface area contributed by atoms with Crippen LogP contribution in [0.4, 0.5) is 0 Å². The lowest BCUT2D eigenvalue weighted by Crippen LogP contribution is -2.38. The molecule has 1 heterocycles. The first-order chi connectivity index (χ1) is 11.1. The lowest BCUT2D eigenvalue weighted by Gasteiger charge is -2.22. The summed E-state index contributed by atoms with van der Waals surface area (Å²) < 4.78 is 0. The molecule has 0 atom stereocenters. The molecule has 132 valence electrons. The van der Waals surface area contributed by atoms with Crippen molar-refractivity contribution in [1.82, 2.24) is 15.2 Å². The predicted molar refractivity (Wildman–Crippen MR) is 115 cm³/mol. The van der Waals surface area contributed by atoms with Crippen molar-refractivity contribution in [2.75, 3.05) is 20.1 Å². The van der Waals surface area contributed by atoms with Crippen LogP contribution in [0.1, 0.15) is 22.4 Å². The van der Waals surface area contributed by atoms with Gasteiger partial charge in [-0.15, -0.1) is 35.3 Å². The minimum atomic E-state index is 0. The molecule has 0 bridgehead atoms. The molecule has 24 heavy (non-hydrogen) atoms. The Morgan fingerprint density at radius 2 is 2.12 bits per heavy atom. The number of guanidine groups is 1. The fourth-order valence-electron chi connectivity index (χ4n) is 2.20. The molecule has 0 aliphatic heterocycles. The van der Waals surface area contributed by atoms with Gasteiger partial charge in [-0.2, -0.15) is 0 Å². The summed E-state index contributed by atoms with van der Waals surface area (Å²) in [6.07, 6.45) is 2.78. The number of aryl methyl sites for hydroxylation is 1. The summed E-state index contributed by atoms with van der Waals surface area (Å²) in [6, 6.07) is 7.91. The fourth-order valence-corrected chi connectivity index (χ4v) is 3.17. The summed E-state index contributed by atoms with van der Waals surface area (Å²) in [5.74, 6) is 0.890. The van der Waals surface area contributed by atoms with E-state index in [0.717, 1.165) is 47.6 Å². The summed E-state index contributed by atoms with van der Waals surface area (Å²) in [6.45, 7) is 6.43. The number of halogens is 2. The first-order valence-corrected chi connectivity index (χ1v) is 8.93. The monoisotopic (exact) mass is 478 g/mol. The van der Waals surface area contributed by atoms with Crippen LogP contribution in [0, 0.1) is 6.92 Å². The van der Waals surface area contributed by atoms with E-state index in [1.165, 1.54) is 4.88 Å². The Kier molecular flexibility index (Phi) is 9.61. The van der Waals surface area contributed by atoms with Crippen LogP contribution in [0.15, 0.2) is 35.5 Å². The second-order valence-corrected chi connectivity index (χ2v) is 7.02. The second-order valence-electron chi connectivity index (χ2n) is 5.30. The molecule has 2 rings (SSSR count). The summed E-state index contributed by atoms with van der Waals surface area (Å²) in [5, 5.41) is 5.25. The third-order valence-electron chi connectivity index (χ3n) is 3.32. The Morgan fingerprint density at radius 3 is 2.75 bits per heavy atom. The zero-order valence-corrected chi connectivity index (χ0v) is 18.2. The van der Waals surface area contributed by atoms with E-state index in [1.54, 1.807) is 11.3 Å². The number of aromatic nitrogens is 1. The van der Waals surface area contributed by atoms with Gasteiger partial charge in [0, 0.05) is 49.2 Å². The minimum Gasteiger partial charge on any atom is -0.357 e. The maximum Gasteiger partial charge on any atom is 0.193 e. The molecule has 1 aromatic carbocycles. The zero-order chi connectivity index (χ0) is 16.7. The van der Waals surface area contributed by atoms with Crippen LogP contribution in [0.2, 0.25) is 5.02 Å². The molecule has 1 aromatic heterocycles. The van der Waals surface area contributed by atoms with E-state index in [2.05, 4.69) is 29.0 Å². The Hall–Kier alpha value is -0.860. The van der Waals surface area contributed by atoms with E-state index < -0.39 is 0 Å². The quantitative estimate of drug-likeness (QED) is 0.381. The van der Waals surface area contributed by atoms with E-state index in [9.17, 15) is 0 Å². The minimum absolute atomic E-state index is 0. The Bertz CT molecular complexity index is 660. The molecule has 4 nitrogen and oxygen atoms in total. The maximum absolute atomic E-state index is 6.24. The molecule has 1 N–H and O–H groups in total. The van der Waals surface area contributed by atoms with Crippen molar-refractivity contribution in [2.45, 2.75) is 26.8 Å². The van der Waals surface area contributed by atoms with Crippen LogP contribution < -0.4 is 5.32 Å². The first kappa shape index (κ1) is 21.2. The third-order valence-corrected chi connectivity index (χ3v) is 4.66. The Morgan fingerprint density at radius 1 is 1.38 bits per heavy atom. The van der Waals surface area contributed by atoms with Gasteiger partial charge in [-0.3, -0.25) is 4.99 Å². The number of nitrogens with zero attached hydrogens (tertiary/aromatic N) is 3. The molecule has 0 fully saturated rings. The van der Waals surface area contributed by atoms with Gasteiger partial charge < -0.3 is 10.2 Å². The number of nitrogens with one attached hydrogen (secondary N) is 1. The van der Waals surface area contributed by atoms with Crippen LogP contribution in [0.25, 0.3) is 0 Å². The molecule has 0 unspecified atom stereocenters. The molecule has 0 aliphatic rings. The van der Waals surface area contributed by atoms with Crippen LogP contribution in [0.5, 0.6) is 0 Å². The van der Waals surface area contributed by atoms with Gasteiger partial charge in [-0.1, -0.05) is 29.8 Å². The van der Waals surface area contributed by atoms with E-state index in [1.807, 2.05) is 37.5 Å². The van der Waals surface area contributed by atoms with Gasteiger partial charge in [0.2, 0.25) is 0 Å². The highest BCUT2D eigenvalue weighted by Gasteiger charge is 2.08. The average Bonchev–Trinajstić information content (AvgIpc) is 2.94. The third kappa shape index (κ3) is 6.57. The lowest BCUT2D eigenvalue weighted by atomic mass is 10.2. The largest absolute Gasteiger partial charge is 0.357 e. The Labute approximate surface area is 170 Å². The van der Waals surface area contributed by atoms with Crippen molar-refractivity contribution in [3.05, 3.63) is 50.9 Å². The highest BCUT2D eigenvalue weighted by atomic mass is 127. The van der Waals surface area contributed by atoms with E-state index in [-0.39, 0.29) is 24.0 Å². The van der Waals surface area contributed by atoms with Crippen molar-refractivity contribution in [3.8, 4) is 0 Å². The van der Waals surface area contributed by atoms with Crippen molar-refractivity contribution in [1.29, 1.82) is 0 Å². The number of hydrogen-bond acceptors (Lipinski definition) is 3. The molecular weight excluding hydrogens is 455 g/mol. The van der Waals surface area contributed by atoms with E-state index >= 15 is 0 Å². The second kappa shape index (κ2) is 10.9. The number of thiazole rings is 1. The van der Waals surface area contributed by atoms with Gasteiger partial charge >= 0.3 is 0 Å². The van der Waals surface area contributed by atoms with Crippen LogP contribution in [0.3, 0.4) is 0 Å². The van der Waals surface area contributed by atoms with Crippen LogP contribution >= 0.6 is 46.9 Å². The molecule has 0 saturated carbocycles. The molecule has 7 heteroatoms. The highest BCUT2D eigenvalue weighted by Crippen LogP contribution is 2.16. The molecule has 0 spiro atoms. The normalized spacial score (nSPS) is 11.1. The standard InChI is InChI=1S/C17H23ClN4S.HI/c1-4-19-17(20-10-9-16-21-11-13(2)23-16)22(3)12-14-7-5-6-8-15(14)18;/h5-8,11H,4,9-10,12H2,1-3H3,(H,19,20);1H. The van der Waals surface area contributed by atoms with Gasteiger partial charge in [-0.25, -0.2) is 4.98 Å². The van der Waals surface area contributed by atoms with Gasteiger partial charge in [-0.05, 0) is 25.5 Å². The molecular formula is C17H24ClIN4S. The number of rotatable bonds is 6. The van der Waals surface area contributed by atoms with Gasteiger partial charge in [0.05, 0.1) is 5.01 Å². The Balaban J connectivity index is 0.00000288. The van der Waals surface area contributed by atoms with E-state index in [0.29, 0.717) is 0 Å². The number of hydrogen-bond donors (Lipinski definition) is 1. The molecule has 0 radical (unpaired) electrons. The molecule has 0 saturated heterocycles.